The fourth-order valence-electron chi connectivity index (χ4n) is 4.58. The molecule has 88 valence electrons. The van der Waals surface area contributed by atoms with E-state index >= 15 is 0 Å². The maximum absolute atomic E-state index is 12.3. The number of hydrogen-bond donors (Lipinski definition) is 0. The average Bonchev–Trinajstić information content (AvgIpc) is 2.80. The average molecular weight is 227 g/mol. The number of carbonyl (C=O) groups excluding carboxylic acids is 1. The molecule has 4 unspecified atom stereocenters. The Morgan fingerprint density at radius 2 is 2.06 bits per heavy atom. The number of fused-ring (bicyclic) bond motifs is 5. The molecule has 1 aromatic heterocycles. The molecule has 0 saturated heterocycles. The smallest absolute Gasteiger partial charge is 0.140 e. The lowest BCUT2D eigenvalue weighted by Gasteiger charge is -2.07. The van der Waals surface area contributed by atoms with Crippen LogP contribution in [-0.2, 0) is 11.2 Å². The molecule has 0 radical (unpaired) electrons. The zero-order valence-corrected chi connectivity index (χ0v) is 9.88. The second-order valence-corrected chi connectivity index (χ2v) is 6.02. The SMILES string of the molecule is O=C(Cc1cccnc1)C1C2C3CCC(C3)C12. The Bertz CT molecular complexity index is 439. The molecule has 1 heterocycles. The summed E-state index contributed by atoms with van der Waals surface area (Å²) < 4.78 is 0. The molecule has 3 aliphatic rings. The fraction of sp³-hybridized carbons (Fsp3) is 0.600. The Morgan fingerprint density at radius 3 is 2.71 bits per heavy atom. The van der Waals surface area contributed by atoms with Crippen LogP contribution in [-0.4, -0.2) is 10.8 Å². The summed E-state index contributed by atoms with van der Waals surface area (Å²) in [5.74, 6) is 4.24. The van der Waals surface area contributed by atoms with Crippen LogP contribution in [0.3, 0.4) is 0 Å². The Hall–Kier alpha value is -1.18. The number of Topliss-reactive ketones (excluding diaryl/α,β-unsaturated/α-hetero) is 1. The summed E-state index contributed by atoms with van der Waals surface area (Å²) in [6.45, 7) is 0. The molecule has 1 aromatic rings. The van der Waals surface area contributed by atoms with Crippen molar-refractivity contribution in [3.05, 3.63) is 30.1 Å². The van der Waals surface area contributed by atoms with Gasteiger partial charge in [-0.3, -0.25) is 9.78 Å². The van der Waals surface area contributed by atoms with Crippen LogP contribution < -0.4 is 0 Å². The predicted octanol–water partition coefficient (Wildman–Crippen LogP) is 2.49. The molecular formula is C15H17NO. The molecule has 2 bridgehead atoms. The van der Waals surface area contributed by atoms with Gasteiger partial charge < -0.3 is 0 Å². The highest BCUT2D eigenvalue weighted by Crippen LogP contribution is 2.69. The monoisotopic (exact) mass is 227 g/mol. The van der Waals surface area contributed by atoms with Crippen molar-refractivity contribution in [1.29, 1.82) is 0 Å². The van der Waals surface area contributed by atoms with Gasteiger partial charge in [-0.1, -0.05) is 6.07 Å². The van der Waals surface area contributed by atoms with Gasteiger partial charge in [0.1, 0.15) is 5.78 Å². The fourth-order valence-corrected chi connectivity index (χ4v) is 4.58. The molecule has 2 heteroatoms. The topological polar surface area (TPSA) is 30.0 Å². The van der Waals surface area contributed by atoms with Crippen LogP contribution in [0.15, 0.2) is 24.5 Å². The molecule has 3 aliphatic carbocycles. The van der Waals surface area contributed by atoms with Crippen LogP contribution in [0.25, 0.3) is 0 Å². The standard InChI is InChI=1S/C15H17NO/c17-12(6-9-2-1-5-16-8-9)15-13-10-3-4-11(7-10)14(13)15/h1-2,5,8,10-11,13-15H,3-4,6-7H2. The predicted molar refractivity (Wildman–Crippen MR) is 64.2 cm³/mol. The van der Waals surface area contributed by atoms with Crippen molar-refractivity contribution in [3.8, 4) is 0 Å². The molecule has 0 aliphatic heterocycles. The first-order chi connectivity index (χ1) is 8.34. The van der Waals surface area contributed by atoms with E-state index < -0.39 is 0 Å². The number of rotatable bonds is 3. The van der Waals surface area contributed by atoms with Gasteiger partial charge in [0.2, 0.25) is 0 Å². The molecule has 4 rings (SSSR count). The van der Waals surface area contributed by atoms with E-state index in [2.05, 4.69) is 4.98 Å². The molecule has 0 amide bonds. The zero-order valence-electron chi connectivity index (χ0n) is 9.88. The number of hydrogen-bond acceptors (Lipinski definition) is 2. The summed E-state index contributed by atoms with van der Waals surface area (Å²) in [6, 6.07) is 3.93. The summed E-state index contributed by atoms with van der Waals surface area (Å²) in [4.78, 5) is 16.4. The Balaban J connectivity index is 1.46. The van der Waals surface area contributed by atoms with Crippen LogP contribution >= 0.6 is 0 Å². The van der Waals surface area contributed by atoms with Gasteiger partial charge in [-0.25, -0.2) is 0 Å². The first-order valence-corrected chi connectivity index (χ1v) is 6.76. The Labute approximate surface area is 101 Å². The van der Waals surface area contributed by atoms with E-state index in [-0.39, 0.29) is 0 Å². The molecule has 3 saturated carbocycles. The van der Waals surface area contributed by atoms with Crippen molar-refractivity contribution >= 4 is 5.78 Å². The lowest BCUT2D eigenvalue weighted by molar-refractivity contribution is -0.120. The molecule has 0 aromatic carbocycles. The molecule has 2 nitrogen and oxygen atoms in total. The van der Waals surface area contributed by atoms with Gasteiger partial charge in [-0.15, -0.1) is 0 Å². The highest BCUT2D eigenvalue weighted by atomic mass is 16.1. The van der Waals surface area contributed by atoms with E-state index in [0.717, 1.165) is 29.2 Å². The van der Waals surface area contributed by atoms with Gasteiger partial charge in [0.05, 0.1) is 0 Å². The molecule has 0 spiro atoms. The molecule has 0 N–H and O–H groups in total. The van der Waals surface area contributed by atoms with Gasteiger partial charge in [0, 0.05) is 24.7 Å². The lowest BCUT2D eigenvalue weighted by atomic mass is 9.97. The van der Waals surface area contributed by atoms with E-state index in [1.165, 1.54) is 19.3 Å². The van der Waals surface area contributed by atoms with Crippen molar-refractivity contribution < 1.29 is 4.79 Å². The van der Waals surface area contributed by atoms with Gasteiger partial charge in [-0.2, -0.15) is 0 Å². The number of nitrogens with zero attached hydrogens (tertiary/aromatic N) is 1. The van der Waals surface area contributed by atoms with Crippen LogP contribution in [0.5, 0.6) is 0 Å². The maximum atomic E-state index is 12.3. The molecule has 3 fully saturated rings. The highest BCUT2D eigenvalue weighted by Gasteiger charge is 2.66. The van der Waals surface area contributed by atoms with Crippen molar-refractivity contribution in [3.63, 3.8) is 0 Å². The van der Waals surface area contributed by atoms with Crippen molar-refractivity contribution in [2.45, 2.75) is 25.7 Å². The maximum Gasteiger partial charge on any atom is 0.140 e. The van der Waals surface area contributed by atoms with Crippen LogP contribution in [0.4, 0.5) is 0 Å². The van der Waals surface area contributed by atoms with Gasteiger partial charge in [0.25, 0.3) is 0 Å². The van der Waals surface area contributed by atoms with E-state index in [9.17, 15) is 4.79 Å². The van der Waals surface area contributed by atoms with E-state index in [1.54, 1.807) is 6.20 Å². The number of aromatic nitrogens is 1. The molecule has 4 atom stereocenters. The molecular weight excluding hydrogens is 210 g/mol. The summed E-state index contributed by atoms with van der Waals surface area (Å²) >= 11 is 0. The summed E-state index contributed by atoms with van der Waals surface area (Å²) in [6.07, 6.45) is 8.40. The Kier molecular flexibility index (Phi) is 1.97. The van der Waals surface area contributed by atoms with Gasteiger partial charge in [0.15, 0.2) is 0 Å². The second kappa shape index (κ2) is 3.41. The first kappa shape index (κ1) is 9.81. The number of pyridine rings is 1. The lowest BCUT2D eigenvalue weighted by Crippen LogP contribution is -2.12. The van der Waals surface area contributed by atoms with Crippen molar-refractivity contribution in [1.82, 2.24) is 4.98 Å². The quantitative estimate of drug-likeness (QED) is 0.794. The normalized spacial score (nSPS) is 41.3. The van der Waals surface area contributed by atoms with Gasteiger partial charge >= 0.3 is 0 Å². The van der Waals surface area contributed by atoms with Gasteiger partial charge in [-0.05, 0) is 54.6 Å². The zero-order chi connectivity index (χ0) is 11.4. The van der Waals surface area contributed by atoms with Crippen molar-refractivity contribution in [2.24, 2.45) is 29.6 Å². The highest BCUT2D eigenvalue weighted by molar-refractivity contribution is 5.86. The number of carbonyl (C=O) groups is 1. The largest absolute Gasteiger partial charge is 0.299 e. The van der Waals surface area contributed by atoms with Crippen LogP contribution in [0.2, 0.25) is 0 Å². The Morgan fingerprint density at radius 1 is 1.29 bits per heavy atom. The third kappa shape index (κ3) is 1.39. The third-order valence-electron chi connectivity index (χ3n) is 5.21. The molecule has 17 heavy (non-hydrogen) atoms. The van der Waals surface area contributed by atoms with E-state index in [4.69, 9.17) is 0 Å². The minimum absolute atomic E-state index is 0.418. The van der Waals surface area contributed by atoms with Crippen LogP contribution in [0.1, 0.15) is 24.8 Å². The minimum Gasteiger partial charge on any atom is -0.299 e. The number of ketones is 1. The summed E-state index contributed by atoms with van der Waals surface area (Å²) in [7, 11) is 0. The van der Waals surface area contributed by atoms with Crippen molar-refractivity contribution in [2.75, 3.05) is 0 Å². The second-order valence-electron chi connectivity index (χ2n) is 6.02. The van der Waals surface area contributed by atoms with E-state index in [1.807, 2.05) is 18.3 Å². The van der Waals surface area contributed by atoms with Crippen LogP contribution in [0, 0.1) is 29.6 Å². The third-order valence-corrected chi connectivity index (χ3v) is 5.21. The minimum atomic E-state index is 0.418. The summed E-state index contributed by atoms with van der Waals surface area (Å²) in [5, 5.41) is 0. The van der Waals surface area contributed by atoms with E-state index in [0.29, 0.717) is 18.1 Å². The summed E-state index contributed by atoms with van der Waals surface area (Å²) in [5.41, 5.74) is 1.08. The first-order valence-electron chi connectivity index (χ1n) is 6.76.